The minimum absolute atomic E-state index is 0.00998. The third-order valence-corrected chi connectivity index (χ3v) is 1.83. The molecule has 0 fully saturated rings. The van der Waals surface area contributed by atoms with Crippen LogP contribution in [-0.2, 0) is 11.2 Å². The number of carbonyl (C=O) groups excluding carboxylic acids is 1. The topological polar surface area (TPSA) is 54.3 Å². The van der Waals surface area contributed by atoms with Gasteiger partial charge in [0.2, 0.25) is 5.91 Å². The molecule has 0 atom stereocenters. The summed E-state index contributed by atoms with van der Waals surface area (Å²) in [6.07, 6.45) is 0.739. The molecule has 78 valence electrons. The van der Waals surface area contributed by atoms with E-state index in [-0.39, 0.29) is 5.91 Å². The van der Waals surface area contributed by atoms with Gasteiger partial charge in [-0.05, 0) is 26.1 Å². The molecular weight excluding hydrogens is 180 g/mol. The van der Waals surface area contributed by atoms with Gasteiger partial charge in [0.15, 0.2) is 0 Å². The van der Waals surface area contributed by atoms with Gasteiger partial charge in [0.25, 0.3) is 0 Å². The van der Waals surface area contributed by atoms with Crippen molar-refractivity contribution in [1.82, 2.24) is 10.6 Å². The van der Waals surface area contributed by atoms with E-state index in [0.29, 0.717) is 13.1 Å². The minimum Gasteiger partial charge on any atom is -0.466 e. The van der Waals surface area contributed by atoms with Crippen LogP contribution in [-0.4, -0.2) is 26.0 Å². The van der Waals surface area contributed by atoms with Crippen LogP contribution in [0.15, 0.2) is 16.5 Å². The molecule has 1 amide bonds. The largest absolute Gasteiger partial charge is 0.466 e. The van der Waals surface area contributed by atoms with Crippen LogP contribution in [0.1, 0.15) is 11.5 Å². The number of carbonyl (C=O) groups is 1. The highest BCUT2D eigenvalue weighted by molar-refractivity contribution is 5.77. The molecule has 1 rings (SSSR count). The van der Waals surface area contributed by atoms with Gasteiger partial charge >= 0.3 is 0 Å². The van der Waals surface area contributed by atoms with E-state index in [9.17, 15) is 4.79 Å². The Morgan fingerprint density at radius 2 is 2.29 bits per heavy atom. The van der Waals surface area contributed by atoms with Crippen molar-refractivity contribution in [3.8, 4) is 0 Å². The third-order valence-electron chi connectivity index (χ3n) is 1.83. The van der Waals surface area contributed by atoms with Crippen LogP contribution >= 0.6 is 0 Å². The maximum Gasteiger partial charge on any atom is 0.233 e. The summed E-state index contributed by atoms with van der Waals surface area (Å²) in [4.78, 5) is 11.0. The Kier molecular flexibility index (Phi) is 4.19. The first-order valence-electron chi connectivity index (χ1n) is 4.69. The molecule has 0 aliphatic carbocycles. The Morgan fingerprint density at radius 1 is 1.50 bits per heavy atom. The maximum absolute atomic E-state index is 11.0. The van der Waals surface area contributed by atoms with Gasteiger partial charge in [-0.25, -0.2) is 0 Å². The van der Waals surface area contributed by atoms with Gasteiger partial charge in [-0.1, -0.05) is 0 Å². The molecule has 1 aromatic rings. The fraction of sp³-hybridized carbons (Fsp3) is 0.500. The summed E-state index contributed by atoms with van der Waals surface area (Å²) in [6, 6.07) is 3.85. The normalized spacial score (nSPS) is 10.1. The lowest BCUT2D eigenvalue weighted by Crippen LogP contribution is -2.33. The summed E-state index contributed by atoms with van der Waals surface area (Å²) in [7, 11) is 1.75. The molecule has 2 N–H and O–H groups in total. The smallest absolute Gasteiger partial charge is 0.233 e. The molecule has 0 saturated heterocycles. The van der Waals surface area contributed by atoms with Crippen molar-refractivity contribution >= 4 is 5.91 Å². The van der Waals surface area contributed by atoms with E-state index in [2.05, 4.69) is 10.6 Å². The number of likely N-dealkylation sites (N-methyl/N-ethyl adjacent to an activating group) is 1. The number of hydrogen-bond acceptors (Lipinski definition) is 3. The minimum atomic E-state index is 0.00998. The molecule has 14 heavy (non-hydrogen) atoms. The fourth-order valence-corrected chi connectivity index (χ4v) is 1.17. The Bertz CT molecular complexity index is 294. The summed E-state index contributed by atoms with van der Waals surface area (Å²) in [5, 5.41) is 5.56. The second-order valence-corrected chi connectivity index (χ2v) is 3.14. The van der Waals surface area contributed by atoms with Crippen molar-refractivity contribution in [1.29, 1.82) is 0 Å². The molecule has 0 aliphatic rings. The van der Waals surface area contributed by atoms with Crippen LogP contribution in [0.25, 0.3) is 0 Å². The van der Waals surface area contributed by atoms with Gasteiger partial charge in [-0.15, -0.1) is 0 Å². The first kappa shape index (κ1) is 10.8. The van der Waals surface area contributed by atoms with Crippen molar-refractivity contribution in [3.05, 3.63) is 23.7 Å². The molecule has 0 spiro atoms. The second-order valence-electron chi connectivity index (χ2n) is 3.14. The lowest BCUT2D eigenvalue weighted by Gasteiger charge is -2.02. The summed E-state index contributed by atoms with van der Waals surface area (Å²) in [5.41, 5.74) is 0. The van der Waals surface area contributed by atoms with Crippen LogP contribution in [0.4, 0.5) is 0 Å². The van der Waals surface area contributed by atoms with E-state index in [0.717, 1.165) is 17.9 Å². The average molecular weight is 196 g/mol. The highest BCUT2D eigenvalue weighted by Gasteiger charge is 2.00. The van der Waals surface area contributed by atoms with E-state index in [4.69, 9.17) is 4.42 Å². The maximum atomic E-state index is 11.0. The van der Waals surface area contributed by atoms with E-state index in [1.807, 2.05) is 19.1 Å². The molecular formula is C10H16N2O2. The molecule has 0 bridgehead atoms. The number of amides is 1. The molecule has 1 heterocycles. The van der Waals surface area contributed by atoms with Gasteiger partial charge in [0.1, 0.15) is 11.5 Å². The van der Waals surface area contributed by atoms with Crippen LogP contribution in [0, 0.1) is 6.92 Å². The van der Waals surface area contributed by atoms with E-state index in [1.165, 1.54) is 0 Å². The lowest BCUT2D eigenvalue weighted by molar-refractivity contribution is -0.120. The highest BCUT2D eigenvalue weighted by atomic mass is 16.3. The zero-order valence-corrected chi connectivity index (χ0v) is 8.59. The molecule has 0 saturated carbocycles. The second kappa shape index (κ2) is 5.44. The van der Waals surface area contributed by atoms with Crippen molar-refractivity contribution < 1.29 is 9.21 Å². The van der Waals surface area contributed by atoms with Crippen molar-refractivity contribution in [2.45, 2.75) is 13.3 Å². The molecule has 0 aliphatic heterocycles. The zero-order chi connectivity index (χ0) is 10.4. The first-order valence-corrected chi connectivity index (χ1v) is 4.69. The number of furan rings is 1. The molecule has 0 aromatic carbocycles. The predicted molar refractivity (Wildman–Crippen MR) is 54.1 cm³/mol. The molecule has 4 heteroatoms. The Labute approximate surface area is 83.7 Å². The number of rotatable bonds is 5. The zero-order valence-electron chi connectivity index (χ0n) is 8.59. The quantitative estimate of drug-likeness (QED) is 0.719. The van der Waals surface area contributed by atoms with Gasteiger partial charge in [0.05, 0.1) is 6.54 Å². The first-order chi connectivity index (χ1) is 6.72. The summed E-state index contributed by atoms with van der Waals surface area (Å²) >= 11 is 0. The predicted octanol–water partition coefficient (Wildman–Crippen LogP) is 0.466. The number of hydrogen-bond donors (Lipinski definition) is 2. The van der Waals surface area contributed by atoms with E-state index < -0.39 is 0 Å². The van der Waals surface area contributed by atoms with Crippen LogP contribution in [0.2, 0.25) is 0 Å². The fourth-order valence-electron chi connectivity index (χ4n) is 1.17. The van der Waals surface area contributed by atoms with E-state index in [1.54, 1.807) is 7.05 Å². The van der Waals surface area contributed by atoms with Crippen LogP contribution in [0.5, 0.6) is 0 Å². The van der Waals surface area contributed by atoms with Crippen LogP contribution < -0.4 is 10.6 Å². The molecule has 1 aromatic heterocycles. The summed E-state index contributed by atoms with van der Waals surface area (Å²) < 4.78 is 5.36. The average Bonchev–Trinajstić information content (AvgIpc) is 2.52. The highest BCUT2D eigenvalue weighted by Crippen LogP contribution is 2.05. The van der Waals surface area contributed by atoms with Gasteiger partial charge < -0.3 is 15.1 Å². The van der Waals surface area contributed by atoms with Gasteiger partial charge in [0, 0.05) is 13.0 Å². The Balaban J connectivity index is 2.18. The Hall–Kier alpha value is -1.29. The monoisotopic (exact) mass is 196 g/mol. The number of nitrogens with one attached hydrogen (secondary N) is 2. The summed E-state index contributed by atoms with van der Waals surface area (Å²) in [6.45, 7) is 2.88. The van der Waals surface area contributed by atoms with Crippen LogP contribution in [0.3, 0.4) is 0 Å². The van der Waals surface area contributed by atoms with Crippen molar-refractivity contribution in [3.63, 3.8) is 0 Å². The van der Waals surface area contributed by atoms with Gasteiger partial charge in [-0.3, -0.25) is 4.79 Å². The van der Waals surface area contributed by atoms with Crippen molar-refractivity contribution in [2.24, 2.45) is 0 Å². The Morgan fingerprint density at radius 3 is 2.86 bits per heavy atom. The summed E-state index contributed by atoms with van der Waals surface area (Å²) in [5.74, 6) is 1.82. The molecule has 0 unspecified atom stereocenters. The standard InChI is InChI=1S/C10H16N2O2/c1-8-3-4-9(14-8)5-6-12-10(13)7-11-2/h3-4,11H,5-7H2,1-2H3,(H,12,13). The number of aryl methyl sites for hydroxylation is 1. The molecule has 4 nitrogen and oxygen atoms in total. The SMILES string of the molecule is CNCC(=O)NCCc1ccc(C)o1. The lowest BCUT2D eigenvalue weighted by atomic mass is 10.3. The third kappa shape index (κ3) is 3.62. The van der Waals surface area contributed by atoms with Crippen molar-refractivity contribution in [2.75, 3.05) is 20.1 Å². The molecule has 0 radical (unpaired) electrons. The van der Waals surface area contributed by atoms with Gasteiger partial charge in [-0.2, -0.15) is 0 Å². The van der Waals surface area contributed by atoms with E-state index >= 15 is 0 Å².